The number of piperidine rings is 1. The van der Waals surface area contributed by atoms with Crippen molar-refractivity contribution >= 4 is 29.2 Å². The van der Waals surface area contributed by atoms with Crippen molar-refractivity contribution in [3.8, 4) is 0 Å². The number of ketones is 3. The van der Waals surface area contributed by atoms with Crippen molar-refractivity contribution in [3.63, 3.8) is 0 Å². The number of esters is 1. The summed E-state index contributed by atoms with van der Waals surface area (Å²) in [6.45, 7) is 15.1. The van der Waals surface area contributed by atoms with Crippen molar-refractivity contribution in [2.45, 2.75) is 187 Å². The molecule has 3 fully saturated rings. The van der Waals surface area contributed by atoms with Gasteiger partial charge in [0.05, 0.1) is 24.4 Å². The summed E-state index contributed by atoms with van der Waals surface area (Å²) in [5.74, 6) is -7.95. The maximum absolute atomic E-state index is 14.4. The van der Waals surface area contributed by atoms with Crippen LogP contribution in [0.3, 0.4) is 0 Å². The molecule has 0 aromatic heterocycles. The van der Waals surface area contributed by atoms with Crippen molar-refractivity contribution < 1.29 is 63.0 Å². The van der Waals surface area contributed by atoms with Gasteiger partial charge in [-0.15, -0.1) is 0 Å². The largest absolute Gasteiger partial charge is 0.460 e. The number of hydrogen-bond acceptors (Lipinski definition) is 13. The van der Waals surface area contributed by atoms with E-state index in [1.165, 1.54) is 12.0 Å². The van der Waals surface area contributed by atoms with Crippen LogP contribution in [0, 0.1) is 35.5 Å². The van der Waals surface area contributed by atoms with Crippen LogP contribution in [-0.2, 0) is 47.7 Å². The summed E-state index contributed by atoms with van der Waals surface area (Å²) in [6, 6.07) is -1.14. The van der Waals surface area contributed by atoms with Crippen molar-refractivity contribution in [3.05, 3.63) is 47.6 Å². The van der Waals surface area contributed by atoms with E-state index in [0.717, 1.165) is 12.0 Å². The maximum Gasteiger partial charge on any atom is 0.329 e. The molecule has 3 heterocycles. The summed E-state index contributed by atoms with van der Waals surface area (Å²) >= 11 is 0. The zero-order chi connectivity index (χ0) is 48.9. The average molecular weight is 928 g/mol. The topological polar surface area (TPSA) is 195 Å². The zero-order valence-electron chi connectivity index (χ0n) is 41.3. The highest BCUT2D eigenvalue weighted by atomic mass is 16.6. The number of methoxy groups -OCH3 is 2. The van der Waals surface area contributed by atoms with Crippen LogP contribution in [0.2, 0.25) is 0 Å². The smallest absolute Gasteiger partial charge is 0.329 e. The molecule has 1 amide bonds. The molecule has 0 aromatic rings. The molecule has 1 unspecified atom stereocenters. The lowest BCUT2D eigenvalue weighted by Crippen LogP contribution is -2.61. The molecule has 4 aliphatic rings. The molecular weight excluding hydrogens is 847 g/mol. The van der Waals surface area contributed by atoms with Gasteiger partial charge in [0.1, 0.15) is 30.1 Å². The highest BCUT2D eigenvalue weighted by Gasteiger charge is 2.53. The first-order chi connectivity index (χ1) is 31.2. The highest BCUT2D eigenvalue weighted by molar-refractivity contribution is 6.39. The summed E-state index contributed by atoms with van der Waals surface area (Å²) in [5, 5.41) is 33.9. The quantitative estimate of drug-likeness (QED) is 0.141. The molecule has 14 nitrogen and oxygen atoms in total. The molecule has 1 saturated carbocycles. The third-order valence-corrected chi connectivity index (χ3v) is 14.6. The molecule has 2 saturated heterocycles. The lowest BCUT2D eigenvalue weighted by Gasteiger charge is -2.43. The Labute approximate surface area is 393 Å². The second-order valence-electron chi connectivity index (χ2n) is 19.8. The Kier molecular flexibility index (Phi) is 21.6. The van der Waals surface area contributed by atoms with Crippen molar-refractivity contribution in [1.82, 2.24) is 4.90 Å². The lowest BCUT2D eigenvalue weighted by molar-refractivity contribution is -0.266. The molecule has 15 atom stereocenters. The lowest BCUT2D eigenvalue weighted by atomic mass is 9.78. The average Bonchev–Trinajstić information content (AvgIpc) is 3.29. The van der Waals surface area contributed by atoms with Crippen LogP contribution >= 0.6 is 0 Å². The van der Waals surface area contributed by atoms with Crippen LogP contribution in [0.15, 0.2) is 47.6 Å². The molecule has 3 N–H and O–H groups in total. The van der Waals surface area contributed by atoms with E-state index in [4.69, 9.17) is 23.7 Å². The van der Waals surface area contributed by atoms with Crippen molar-refractivity contribution in [1.29, 1.82) is 0 Å². The van der Waals surface area contributed by atoms with Crippen molar-refractivity contribution in [2.75, 3.05) is 27.4 Å². The number of aliphatic hydroxyl groups is 3. The molecule has 0 aromatic carbocycles. The highest BCUT2D eigenvalue weighted by Crippen LogP contribution is 2.38. The number of carbonyl (C=O) groups is 5. The van der Waals surface area contributed by atoms with E-state index in [2.05, 4.69) is 0 Å². The van der Waals surface area contributed by atoms with Gasteiger partial charge >= 0.3 is 5.97 Å². The van der Waals surface area contributed by atoms with Crippen LogP contribution in [0.4, 0.5) is 0 Å². The molecule has 14 heteroatoms. The van der Waals surface area contributed by atoms with Crippen LogP contribution < -0.4 is 0 Å². The Balaban J connectivity index is 1.71. The Morgan fingerprint density at radius 3 is 2.29 bits per heavy atom. The van der Waals surface area contributed by atoms with Gasteiger partial charge in [-0.2, -0.15) is 0 Å². The monoisotopic (exact) mass is 928 g/mol. The van der Waals surface area contributed by atoms with E-state index >= 15 is 0 Å². The van der Waals surface area contributed by atoms with Gasteiger partial charge in [0, 0.05) is 58.0 Å². The minimum absolute atomic E-state index is 0.0188. The van der Waals surface area contributed by atoms with Crippen LogP contribution in [0.25, 0.3) is 0 Å². The second kappa shape index (κ2) is 25.8. The third kappa shape index (κ3) is 14.6. The molecule has 0 spiro atoms. The predicted molar refractivity (Wildman–Crippen MR) is 250 cm³/mol. The van der Waals surface area contributed by atoms with Gasteiger partial charge in [-0.1, -0.05) is 71.1 Å². The zero-order valence-corrected chi connectivity index (χ0v) is 41.3. The van der Waals surface area contributed by atoms with Gasteiger partial charge in [0.15, 0.2) is 5.78 Å². The van der Waals surface area contributed by atoms with Crippen LogP contribution in [0.5, 0.6) is 0 Å². The molecule has 3 aliphatic heterocycles. The molecule has 0 radical (unpaired) electrons. The summed E-state index contributed by atoms with van der Waals surface area (Å²) in [6.07, 6.45) is 11.3. The summed E-state index contributed by atoms with van der Waals surface area (Å²) < 4.78 is 29.7. The molecular formula is C52H81NO13. The van der Waals surface area contributed by atoms with Gasteiger partial charge in [-0.05, 0) is 114 Å². The number of rotatable bonds is 7. The number of aliphatic hydroxyl groups excluding tert-OH is 2. The van der Waals surface area contributed by atoms with Gasteiger partial charge in [0.2, 0.25) is 5.79 Å². The number of amides is 1. The number of cyclic esters (lactones) is 1. The first-order valence-corrected chi connectivity index (χ1v) is 24.5. The molecule has 4 rings (SSSR count). The minimum Gasteiger partial charge on any atom is -0.460 e. The van der Waals surface area contributed by atoms with Crippen LogP contribution in [-0.4, -0.2) is 131 Å². The number of fused-ring (bicyclic) bond motifs is 3. The number of allylic oxidation sites excluding steroid dienone is 6. The van der Waals surface area contributed by atoms with E-state index in [9.17, 15) is 39.3 Å². The second-order valence-corrected chi connectivity index (χ2v) is 19.8. The Morgan fingerprint density at radius 2 is 1.61 bits per heavy atom. The van der Waals surface area contributed by atoms with Gasteiger partial charge in [0.25, 0.3) is 11.7 Å². The fraction of sp³-hybridized carbons (Fsp3) is 0.750. The molecule has 1 aliphatic carbocycles. The number of Topliss-reactive ketones (excluding diaryl/α,β-unsaturated/α-hetero) is 3. The number of ether oxygens (including phenoxy) is 5. The number of nitrogens with zero attached hydrogens (tertiary/aromatic N) is 1. The molecule has 372 valence electrons. The van der Waals surface area contributed by atoms with E-state index in [1.54, 1.807) is 34.0 Å². The number of carbonyl (C=O) groups excluding carboxylic acids is 5. The maximum atomic E-state index is 14.4. The fourth-order valence-corrected chi connectivity index (χ4v) is 10.2. The first-order valence-electron chi connectivity index (χ1n) is 24.5. The van der Waals surface area contributed by atoms with E-state index in [-0.39, 0.29) is 54.8 Å². The van der Waals surface area contributed by atoms with E-state index in [1.807, 2.05) is 65.0 Å². The fourth-order valence-electron chi connectivity index (χ4n) is 10.2. The van der Waals surface area contributed by atoms with Gasteiger partial charge < -0.3 is 43.9 Å². The summed E-state index contributed by atoms with van der Waals surface area (Å²) in [7, 11) is 2.95. The van der Waals surface area contributed by atoms with E-state index in [0.29, 0.717) is 70.0 Å². The number of hydrogen-bond donors (Lipinski definition) is 3. The third-order valence-electron chi connectivity index (χ3n) is 14.6. The standard InChI is InChI=1S/C52H81NO13/c1-11-64-43-29-39-22-20-37(8)52(61,66-39)49(58)50(59)53-24-16-15-19-40(53)51(60)65-44(34(5)27-38-21-23-41(54)45(28-38)62-9)30-42(55)33(4)26-36(7)47(57)48(63-10)46(56)35(6)25-31(2)17-13-12-14-18-32(43)3/h12-14,17-18,26,31,33-35,37-41,43-45,47-48,54,57,61H,11,15-16,19-25,27-30H2,1-10H3/b14-12?,17-13+,32-18?,36-26+/t31-,33-,34-,35-,37-,38+,39+,40+,41-,43?,44+,45-,47-,48+,52-/m1/s1. The van der Waals surface area contributed by atoms with Crippen LogP contribution in [0.1, 0.15) is 132 Å². The summed E-state index contributed by atoms with van der Waals surface area (Å²) in [5.41, 5.74) is 1.29. The molecule has 2 bridgehead atoms. The minimum atomic E-state index is -2.43. The first kappa shape index (κ1) is 55.2. The SMILES string of the molecule is CCOC1C[C@@H]2CC[C@@H](C)[C@@](O)(O2)C(=O)C(=O)N2CCCC[C@H]2C(=O)O[C@H]([C@H](C)C[C@@H]2CC[C@@H](O)[C@H](OC)C2)CC(=O)[C@H](C)/C=C(\C)[C@@H](O)[C@@H](OC)C(=O)[C@H](C)C[C@H](C)/C=C/C=CC=C1C. The van der Waals surface area contributed by atoms with Gasteiger partial charge in [-0.25, -0.2) is 4.79 Å². The Hall–Kier alpha value is -3.37. The Morgan fingerprint density at radius 1 is 0.879 bits per heavy atom. The summed E-state index contributed by atoms with van der Waals surface area (Å²) in [4.78, 5) is 71.9. The van der Waals surface area contributed by atoms with Crippen molar-refractivity contribution in [2.24, 2.45) is 35.5 Å². The van der Waals surface area contributed by atoms with E-state index < -0.39 is 83.9 Å². The normalized spacial score (nSPS) is 38.7. The van der Waals surface area contributed by atoms with Gasteiger partial charge in [-0.3, -0.25) is 19.2 Å². The predicted octanol–water partition coefficient (Wildman–Crippen LogP) is 6.57. The Bertz CT molecular complexity index is 1770. The molecule has 66 heavy (non-hydrogen) atoms.